The SMILES string of the molecule is CC1CC(C)CC(O)(c2ccncc2F)C1. The van der Waals surface area contributed by atoms with E-state index in [0.717, 1.165) is 6.42 Å². The minimum Gasteiger partial charge on any atom is -0.385 e. The second kappa shape index (κ2) is 4.13. The molecule has 16 heavy (non-hydrogen) atoms. The molecule has 1 N–H and O–H groups in total. The molecule has 2 atom stereocenters. The number of aromatic nitrogens is 1. The molecule has 1 aliphatic carbocycles. The first-order chi connectivity index (χ1) is 7.51. The van der Waals surface area contributed by atoms with E-state index in [9.17, 15) is 9.50 Å². The summed E-state index contributed by atoms with van der Waals surface area (Å²) in [6.07, 6.45) is 5.10. The third-order valence-corrected chi connectivity index (χ3v) is 3.45. The Hall–Kier alpha value is -0.960. The zero-order valence-corrected chi connectivity index (χ0v) is 9.78. The van der Waals surface area contributed by atoms with Gasteiger partial charge in [0.2, 0.25) is 0 Å². The van der Waals surface area contributed by atoms with Crippen LogP contribution in [0.15, 0.2) is 18.5 Å². The Balaban J connectivity index is 2.34. The maximum atomic E-state index is 13.7. The molecule has 3 heteroatoms. The number of aliphatic hydroxyl groups is 1. The first-order valence-electron chi connectivity index (χ1n) is 5.83. The van der Waals surface area contributed by atoms with E-state index in [1.54, 1.807) is 12.3 Å². The van der Waals surface area contributed by atoms with Crippen molar-refractivity contribution in [1.82, 2.24) is 4.98 Å². The highest BCUT2D eigenvalue weighted by molar-refractivity contribution is 5.22. The molecule has 2 nitrogen and oxygen atoms in total. The Morgan fingerprint density at radius 1 is 1.38 bits per heavy atom. The van der Waals surface area contributed by atoms with Crippen molar-refractivity contribution < 1.29 is 9.50 Å². The fraction of sp³-hybridized carbons (Fsp3) is 0.615. The lowest BCUT2D eigenvalue weighted by atomic mass is 9.71. The Kier molecular flexibility index (Phi) is 2.98. The van der Waals surface area contributed by atoms with Crippen LogP contribution in [0.2, 0.25) is 0 Å². The van der Waals surface area contributed by atoms with Crippen LogP contribution < -0.4 is 0 Å². The zero-order chi connectivity index (χ0) is 11.8. The standard InChI is InChI=1S/C13H18FNO/c1-9-5-10(2)7-13(16,6-9)11-3-4-15-8-12(11)14/h3-4,8-10,16H,5-7H2,1-2H3. The van der Waals surface area contributed by atoms with Crippen LogP contribution in [-0.4, -0.2) is 10.1 Å². The van der Waals surface area contributed by atoms with Gasteiger partial charge in [-0.2, -0.15) is 0 Å². The van der Waals surface area contributed by atoms with Gasteiger partial charge < -0.3 is 5.11 Å². The van der Waals surface area contributed by atoms with E-state index < -0.39 is 11.4 Å². The summed E-state index contributed by atoms with van der Waals surface area (Å²) in [7, 11) is 0. The van der Waals surface area contributed by atoms with Gasteiger partial charge in [-0.05, 0) is 37.2 Å². The van der Waals surface area contributed by atoms with E-state index in [2.05, 4.69) is 18.8 Å². The molecule has 0 amide bonds. The van der Waals surface area contributed by atoms with Crippen LogP contribution in [0.5, 0.6) is 0 Å². The average Bonchev–Trinajstić information content (AvgIpc) is 2.15. The van der Waals surface area contributed by atoms with E-state index >= 15 is 0 Å². The topological polar surface area (TPSA) is 33.1 Å². The van der Waals surface area contributed by atoms with E-state index in [-0.39, 0.29) is 0 Å². The van der Waals surface area contributed by atoms with Crippen molar-refractivity contribution in [2.24, 2.45) is 11.8 Å². The molecule has 2 rings (SSSR count). The zero-order valence-electron chi connectivity index (χ0n) is 9.78. The first-order valence-corrected chi connectivity index (χ1v) is 5.83. The lowest BCUT2D eigenvalue weighted by Gasteiger charge is -2.39. The second-order valence-corrected chi connectivity index (χ2v) is 5.24. The molecule has 0 spiro atoms. The minimum absolute atomic E-state index is 0.397. The van der Waals surface area contributed by atoms with E-state index in [0.29, 0.717) is 30.2 Å². The highest BCUT2D eigenvalue weighted by Gasteiger charge is 2.39. The van der Waals surface area contributed by atoms with Gasteiger partial charge in [-0.15, -0.1) is 0 Å². The van der Waals surface area contributed by atoms with E-state index in [4.69, 9.17) is 0 Å². The Bertz CT molecular complexity index is 370. The molecule has 88 valence electrons. The molecule has 0 saturated heterocycles. The minimum atomic E-state index is -1.01. The van der Waals surface area contributed by atoms with Crippen molar-refractivity contribution in [2.45, 2.75) is 38.7 Å². The highest BCUT2D eigenvalue weighted by atomic mass is 19.1. The summed E-state index contributed by atoms with van der Waals surface area (Å²) in [5, 5.41) is 10.6. The predicted octanol–water partition coefficient (Wildman–Crippen LogP) is 2.86. The van der Waals surface area contributed by atoms with Crippen LogP contribution in [0.1, 0.15) is 38.7 Å². The lowest BCUT2D eigenvalue weighted by molar-refractivity contribution is -0.0389. The Labute approximate surface area is 95.5 Å². The van der Waals surface area contributed by atoms with Crippen molar-refractivity contribution in [3.8, 4) is 0 Å². The molecule has 0 bridgehead atoms. The molecular formula is C13H18FNO. The summed E-state index contributed by atoms with van der Waals surface area (Å²) in [6, 6.07) is 1.60. The third kappa shape index (κ3) is 2.09. The van der Waals surface area contributed by atoms with Gasteiger partial charge >= 0.3 is 0 Å². The van der Waals surface area contributed by atoms with E-state index in [1.165, 1.54) is 6.20 Å². The van der Waals surface area contributed by atoms with Crippen molar-refractivity contribution in [1.29, 1.82) is 0 Å². The van der Waals surface area contributed by atoms with Crippen LogP contribution in [0.25, 0.3) is 0 Å². The van der Waals surface area contributed by atoms with Gasteiger partial charge in [0.25, 0.3) is 0 Å². The monoisotopic (exact) mass is 223 g/mol. The van der Waals surface area contributed by atoms with Gasteiger partial charge in [0.1, 0.15) is 5.82 Å². The van der Waals surface area contributed by atoms with Crippen molar-refractivity contribution in [3.63, 3.8) is 0 Å². The molecule has 0 aromatic carbocycles. The van der Waals surface area contributed by atoms with Crippen LogP contribution in [0, 0.1) is 17.7 Å². The first kappa shape index (κ1) is 11.5. The molecule has 1 fully saturated rings. The molecule has 1 aromatic rings. The summed E-state index contributed by atoms with van der Waals surface area (Å²) in [5.41, 5.74) is -0.606. The second-order valence-electron chi connectivity index (χ2n) is 5.24. The van der Waals surface area contributed by atoms with Gasteiger partial charge in [0.15, 0.2) is 0 Å². The van der Waals surface area contributed by atoms with Crippen molar-refractivity contribution >= 4 is 0 Å². The maximum Gasteiger partial charge on any atom is 0.147 e. The Morgan fingerprint density at radius 2 is 2.00 bits per heavy atom. The van der Waals surface area contributed by atoms with Gasteiger partial charge in [-0.1, -0.05) is 13.8 Å². The molecule has 1 aromatic heterocycles. The van der Waals surface area contributed by atoms with Crippen LogP contribution in [-0.2, 0) is 5.60 Å². The highest BCUT2D eigenvalue weighted by Crippen LogP contribution is 2.42. The molecule has 2 unspecified atom stereocenters. The number of pyridine rings is 1. The van der Waals surface area contributed by atoms with Gasteiger partial charge in [0.05, 0.1) is 11.8 Å². The summed E-state index contributed by atoms with van der Waals surface area (Å²) in [4.78, 5) is 3.72. The fourth-order valence-electron chi connectivity index (χ4n) is 3.06. The van der Waals surface area contributed by atoms with E-state index in [1.807, 2.05) is 0 Å². The van der Waals surface area contributed by atoms with Crippen molar-refractivity contribution in [3.05, 3.63) is 29.8 Å². The number of nitrogens with zero attached hydrogens (tertiary/aromatic N) is 1. The number of hydrogen-bond acceptors (Lipinski definition) is 2. The molecular weight excluding hydrogens is 205 g/mol. The average molecular weight is 223 g/mol. The van der Waals surface area contributed by atoms with Crippen molar-refractivity contribution in [2.75, 3.05) is 0 Å². The summed E-state index contributed by atoms with van der Waals surface area (Å²) < 4.78 is 13.7. The van der Waals surface area contributed by atoms with Gasteiger partial charge in [-0.25, -0.2) is 4.39 Å². The molecule has 1 heterocycles. The predicted molar refractivity (Wildman–Crippen MR) is 60.3 cm³/mol. The molecule has 1 saturated carbocycles. The summed E-state index contributed by atoms with van der Waals surface area (Å²) in [6.45, 7) is 4.22. The molecule has 0 radical (unpaired) electrons. The van der Waals surface area contributed by atoms with Gasteiger partial charge in [-0.3, -0.25) is 4.98 Å². The molecule has 0 aliphatic heterocycles. The summed E-state index contributed by atoms with van der Waals surface area (Å²) >= 11 is 0. The largest absolute Gasteiger partial charge is 0.385 e. The van der Waals surface area contributed by atoms with Crippen LogP contribution >= 0.6 is 0 Å². The normalized spacial score (nSPS) is 35.0. The maximum absolute atomic E-state index is 13.7. The number of halogens is 1. The van der Waals surface area contributed by atoms with Crippen LogP contribution in [0.4, 0.5) is 4.39 Å². The number of hydrogen-bond donors (Lipinski definition) is 1. The smallest absolute Gasteiger partial charge is 0.147 e. The third-order valence-electron chi connectivity index (χ3n) is 3.45. The summed E-state index contributed by atoms with van der Waals surface area (Å²) in [5.74, 6) is 0.467. The lowest BCUT2D eigenvalue weighted by Crippen LogP contribution is -2.36. The van der Waals surface area contributed by atoms with Gasteiger partial charge in [0, 0.05) is 11.8 Å². The molecule has 1 aliphatic rings. The fourth-order valence-corrected chi connectivity index (χ4v) is 3.06. The number of rotatable bonds is 1. The Morgan fingerprint density at radius 3 is 2.56 bits per heavy atom. The quantitative estimate of drug-likeness (QED) is 0.794. The van der Waals surface area contributed by atoms with Crippen LogP contribution in [0.3, 0.4) is 0 Å².